The van der Waals surface area contributed by atoms with Gasteiger partial charge in [-0.2, -0.15) is 0 Å². The van der Waals surface area contributed by atoms with Gasteiger partial charge < -0.3 is 4.74 Å². The standard InChI is InChI=1S/C12H15BrO/c1-9-7-8-14-12(11(9)13)10-5-3-2-4-6-10/h2-6,9,11-12H,7-8H2,1H3. The summed E-state index contributed by atoms with van der Waals surface area (Å²) >= 11 is 3.73. The fourth-order valence-electron chi connectivity index (χ4n) is 1.85. The van der Waals surface area contributed by atoms with Crippen molar-refractivity contribution in [3.05, 3.63) is 35.9 Å². The Bertz CT molecular complexity index is 286. The lowest BCUT2D eigenvalue weighted by Crippen LogP contribution is -2.29. The Kier molecular flexibility index (Phi) is 3.24. The van der Waals surface area contributed by atoms with E-state index in [2.05, 4.69) is 47.1 Å². The van der Waals surface area contributed by atoms with E-state index in [0.717, 1.165) is 13.0 Å². The first kappa shape index (κ1) is 10.2. The molecule has 0 saturated carbocycles. The summed E-state index contributed by atoms with van der Waals surface area (Å²) in [5, 5.41) is 0. The highest BCUT2D eigenvalue weighted by Crippen LogP contribution is 2.36. The van der Waals surface area contributed by atoms with Gasteiger partial charge in [0.15, 0.2) is 0 Å². The van der Waals surface area contributed by atoms with E-state index in [1.165, 1.54) is 5.56 Å². The molecule has 0 spiro atoms. The van der Waals surface area contributed by atoms with Crippen LogP contribution in [0.4, 0.5) is 0 Å². The summed E-state index contributed by atoms with van der Waals surface area (Å²) in [6.45, 7) is 3.15. The molecule has 14 heavy (non-hydrogen) atoms. The minimum absolute atomic E-state index is 0.222. The summed E-state index contributed by atoms with van der Waals surface area (Å²) in [5.41, 5.74) is 1.28. The average molecular weight is 255 g/mol. The number of hydrogen-bond acceptors (Lipinski definition) is 1. The van der Waals surface area contributed by atoms with Crippen LogP contribution in [0.15, 0.2) is 30.3 Å². The summed E-state index contributed by atoms with van der Waals surface area (Å²) in [5.74, 6) is 0.689. The smallest absolute Gasteiger partial charge is 0.0952 e. The molecule has 2 heteroatoms. The number of halogens is 1. The van der Waals surface area contributed by atoms with Crippen molar-refractivity contribution in [1.82, 2.24) is 0 Å². The van der Waals surface area contributed by atoms with Crippen LogP contribution >= 0.6 is 15.9 Å². The molecule has 0 amide bonds. The van der Waals surface area contributed by atoms with Crippen molar-refractivity contribution < 1.29 is 4.74 Å². The Balaban J connectivity index is 2.17. The van der Waals surface area contributed by atoms with E-state index in [1.54, 1.807) is 0 Å². The number of rotatable bonds is 1. The number of alkyl halides is 1. The van der Waals surface area contributed by atoms with E-state index in [9.17, 15) is 0 Å². The minimum Gasteiger partial charge on any atom is -0.372 e. The van der Waals surface area contributed by atoms with Crippen LogP contribution in [0.1, 0.15) is 25.0 Å². The van der Waals surface area contributed by atoms with E-state index in [-0.39, 0.29) is 6.10 Å². The summed E-state index contributed by atoms with van der Waals surface area (Å²) in [7, 11) is 0. The van der Waals surface area contributed by atoms with E-state index in [0.29, 0.717) is 10.7 Å². The third kappa shape index (κ3) is 2.01. The van der Waals surface area contributed by atoms with Crippen molar-refractivity contribution in [2.45, 2.75) is 24.3 Å². The molecule has 3 atom stereocenters. The molecule has 1 nitrogen and oxygen atoms in total. The monoisotopic (exact) mass is 254 g/mol. The van der Waals surface area contributed by atoms with Gasteiger partial charge in [-0.15, -0.1) is 0 Å². The molecule has 1 saturated heterocycles. The van der Waals surface area contributed by atoms with Crippen molar-refractivity contribution in [2.75, 3.05) is 6.61 Å². The molecule has 0 radical (unpaired) electrons. The van der Waals surface area contributed by atoms with Gasteiger partial charge in [-0.25, -0.2) is 0 Å². The fraction of sp³-hybridized carbons (Fsp3) is 0.500. The first-order chi connectivity index (χ1) is 6.79. The normalized spacial score (nSPS) is 32.9. The van der Waals surface area contributed by atoms with Crippen LogP contribution in [-0.4, -0.2) is 11.4 Å². The molecule has 3 unspecified atom stereocenters. The number of hydrogen-bond donors (Lipinski definition) is 0. The summed E-state index contributed by atoms with van der Waals surface area (Å²) in [6.07, 6.45) is 1.37. The number of benzene rings is 1. The van der Waals surface area contributed by atoms with Crippen LogP contribution in [0, 0.1) is 5.92 Å². The lowest BCUT2D eigenvalue weighted by molar-refractivity contribution is 0.00150. The molecule has 1 aliphatic rings. The molecular weight excluding hydrogens is 240 g/mol. The van der Waals surface area contributed by atoms with Crippen molar-refractivity contribution in [3.8, 4) is 0 Å². The van der Waals surface area contributed by atoms with Gasteiger partial charge in [0.05, 0.1) is 6.10 Å². The van der Waals surface area contributed by atoms with Gasteiger partial charge in [0.2, 0.25) is 0 Å². The largest absolute Gasteiger partial charge is 0.372 e. The van der Waals surface area contributed by atoms with Gasteiger partial charge in [0, 0.05) is 11.4 Å². The molecule has 0 N–H and O–H groups in total. The Morgan fingerprint density at radius 2 is 2.00 bits per heavy atom. The first-order valence-corrected chi connectivity index (χ1v) is 6.01. The molecule has 0 bridgehead atoms. The zero-order chi connectivity index (χ0) is 9.97. The SMILES string of the molecule is CC1CCOC(c2ccccc2)C1Br. The molecule has 1 aliphatic heterocycles. The van der Waals surface area contributed by atoms with Crippen molar-refractivity contribution in [1.29, 1.82) is 0 Å². The van der Waals surface area contributed by atoms with Gasteiger partial charge in [0.25, 0.3) is 0 Å². The van der Waals surface area contributed by atoms with Gasteiger partial charge in [-0.3, -0.25) is 0 Å². The van der Waals surface area contributed by atoms with Crippen LogP contribution < -0.4 is 0 Å². The second-order valence-corrected chi connectivity index (χ2v) is 4.97. The van der Waals surface area contributed by atoms with E-state index >= 15 is 0 Å². The zero-order valence-corrected chi connectivity index (χ0v) is 9.91. The lowest BCUT2D eigenvalue weighted by atomic mass is 9.93. The number of ether oxygens (including phenoxy) is 1. The van der Waals surface area contributed by atoms with Crippen LogP contribution in [0.25, 0.3) is 0 Å². The van der Waals surface area contributed by atoms with E-state index in [1.807, 2.05) is 6.07 Å². The quantitative estimate of drug-likeness (QED) is 0.697. The molecule has 1 heterocycles. The fourth-order valence-corrected chi connectivity index (χ4v) is 2.58. The van der Waals surface area contributed by atoms with E-state index in [4.69, 9.17) is 4.74 Å². The van der Waals surface area contributed by atoms with Crippen LogP contribution in [0.5, 0.6) is 0 Å². The van der Waals surface area contributed by atoms with Gasteiger partial charge >= 0.3 is 0 Å². The van der Waals surface area contributed by atoms with Gasteiger partial charge in [-0.05, 0) is 17.9 Å². The maximum Gasteiger partial charge on any atom is 0.0952 e. The third-order valence-electron chi connectivity index (χ3n) is 2.83. The highest BCUT2D eigenvalue weighted by Gasteiger charge is 2.30. The summed E-state index contributed by atoms with van der Waals surface area (Å²) in [4.78, 5) is 0.443. The second kappa shape index (κ2) is 4.45. The zero-order valence-electron chi connectivity index (χ0n) is 8.32. The molecular formula is C12H15BrO. The second-order valence-electron chi connectivity index (χ2n) is 3.91. The van der Waals surface area contributed by atoms with Crippen LogP contribution in [-0.2, 0) is 4.74 Å². The van der Waals surface area contributed by atoms with Crippen molar-refractivity contribution >= 4 is 15.9 Å². The Labute approximate surface area is 93.6 Å². The van der Waals surface area contributed by atoms with Crippen LogP contribution in [0.2, 0.25) is 0 Å². The summed E-state index contributed by atoms with van der Waals surface area (Å²) in [6, 6.07) is 10.4. The average Bonchev–Trinajstić information content (AvgIpc) is 2.23. The third-order valence-corrected chi connectivity index (χ3v) is 4.21. The van der Waals surface area contributed by atoms with Crippen LogP contribution in [0.3, 0.4) is 0 Å². The minimum atomic E-state index is 0.222. The Hall–Kier alpha value is -0.340. The van der Waals surface area contributed by atoms with Gasteiger partial charge in [0.1, 0.15) is 0 Å². The maximum absolute atomic E-state index is 5.80. The molecule has 0 aliphatic carbocycles. The van der Waals surface area contributed by atoms with Gasteiger partial charge in [-0.1, -0.05) is 53.2 Å². The molecule has 76 valence electrons. The highest BCUT2D eigenvalue weighted by atomic mass is 79.9. The molecule has 1 aromatic carbocycles. The highest BCUT2D eigenvalue weighted by molar-refractivity contribution is 9.09. The van der Waals surface area contributed by atoms with Crippen molar-refractivity contribution in [2.24, 2.45) is 5.92 Å². The molecule has 0 aromatic heterocycles. The lowest BCUT2D eigenvalue weighted by Gasteiger charge is -2.33. The topological polar surface area (TPSA) is 9.23 Å². The molecule has 1 fully saturated rings. The Morgan fingerprint density at radius 3 is 2.71 bits per heavy atom. The molecule has 2 rings (SSSR count). The van der Waals surface area contributed by atoms with Crippen molar-refractivity contribution in [3.63, 3.8) is 0 Å². The van der Waals surface area contributed by atoms with E-state index < -0.39 is 0 Å². The predicted molar refractivity (Wildman–Crippen MR) is 61.6 cm³/mol. The predicted octanol–water partition coefficient (Wildman–Crippen LogP) is 3.55. The Morgan fingerprint density at radius 1 is 1.29 bits per heavy atom. The maximum atomic E-state index is 5.80. The first-order valence-electron chi connectivity index (χ1n) is 5.09. The summed E-state index contributed by atoms with van der Waals surface area (Å²) < 4.78 is 5.80. The molecule has 1 aromatic rings.